The smallest absolute Gasteiger partial charge is 0.449 e. The van der Waals surface area contributed by atoms with Crippen LogP contribution >= 0.6 is 0 Å². The molecular weight excluding hydrogens is 416 g/mol. The number of ether oxygens (including phenoxy) is 1. The van der Waals surface area contributed by atoms with E-state index in [1.54, 1.807) is 20.8 Å². The van der Waals surface area contributed by atoms with Gasteiger partial charge in [-0.15, -0.1) is 0 Å². The summed E-state index contributed by atoms with van der Waals surface area (Å²) in [6.07, 6.45) is 26.5. The molecular formula is C28H54O5. The van der Waals surface area contributed by atoms with Crippen LogP contribution in [0.2, 0.25) is 0 Å². The van der Waals surface area contributed by atoms with Crippen molar-refractivity contribution in [2.24, 2.45) is 0 Å². The zero-order valence-corrected chi connectivity index (χ0v) is 22.4. The molecule has 5 heteroatoms. The van der Waals surface area contributed by atoms with Crippen molar-refractivity contribution in [3.8, 4) is 0 Å². The highest BCUT2D eigenvalue weighted by molar-refractivity contribution is 6.29. The summed E-state index contributed by atoms with van der Waals surface area (Å²) in [5.41, 5.74) is -0.650. The van der Waals surface area contributed by atoms with E-state index >= 15 is 0 Å². The maximum Gasteiger partial charge on any atom is 0.449 e. The van der Waals surface area contributed by atoms with Gasteiger partial charge in [0, 0.05) is 0 Å². The molecule has 0 aliphatic carbocycles. The minimum absolute atomic E-state index is 0.252. The van der Waals surface area contributed by atoms with Gasteiger partial charge in [0.25, 0.3) is 0 Å². The van der Waals surface area contributed by atoms with Crippen molar-refractivity contribution < 1.29 is 24.1 Å². The Kier molecular flexibility index (Phi) is 21.9. The average Bonchev–Trinajstić information content (AvgIpc) is 2.77. The van der Waals surface area contributed by atoms with Gasteiger partial charge in [0.15, 0.2) is 0 Å². The molecule has 0 aliphatic heterocycles. The van der Waals surface area contributed by atoms with Crippen molar-refractivity contribution in [2.75, 3.05) is 6.61 Å². The first-order valence-electron chi connectivity index (χ1n) is 13.9. The standard InChI is InChI=1S/C28H54O5/c1-5-6-7-8-9-10-11-12-13-14-15-16-17-18-19-20-21-22-23-24-25-31-26(29)27(30)32-33-28(2,3)4/h5-25H2,1-4H3. The van der Waals surface area contributed by atoms with Crippen molar-refractivity contribution in [3.63, 3.8) is 0 Å². The Morgan fingerprint density at radius 3 is 1.18 bits per heavy atom. The number of esters is 1. The fraction of sp³-hybridized carbons (Fsp3) is 0.929. The molecule has 0 aromatic rings. The maximum absolute atomic E-state index is 11.5. The van der Waals surface area contributed by atoms with Crippen LogP contribution in [0, 0.1) is 0 Å². The Bertz CT molecular complexity index is 456. The summed E-state index contributed by atoms with van der Waals surface area (Å²) in [4.78, 5) is 32.2. The summed E-state index contributed by atoms with van der Waals surface area (Å²) in [6.45, 7) is 7.71. The molecule has 0 fully saturated rings. The molecule has 0 bridgehead atoms. The number of unbranched alkanes of at least 4 members (excludes halogenated alkanes) is 19. The number of carbonyl (C=O) groups is 2. The molecule has 5 nitrogen and oxygen atoms in total. The summed E-state index contributed by atoms with van der Waals surface area (Å²) in [6, 6.07) is 0. The van der Waals surface area contributed by atoms with E-state index in [-0.39, 0.29) is 6.61 Å². The van der Waals surface area contributed by atoms with Gasteiger partial charge in [-0.3, -0.25) is 4.89 Å². The van der Waals surface area contributed by atoms with Crippen molar-refractivity contribution in [2.45, 2.75) is 162 Å². The molecule has 0 aliphatic rings. The third-order valence-corrected chi connectivity index (χ3v) is 5.77. The molecule has 33 heavy (non-hydrogen) atoms. The number of hydrogen-bond acceptors (Lipinski definition) is 5. The van der Waals surface area contributed by atoms with Crippen molar-refractivity contribution in [1.29, 1.82) is 0 Å². The fourth-order valence-electron chi connectivity index (χ4n) is 3.78. The van der Waals surface area contributed by atoms with Crippen LogP contribution in [0.25, 0.3) is 0 Å². The number of carbonyl (C=O) groups excluding carboxylic acids is 2. The van der Waals surface area contributed by atoms with Crippen LogP contribution < -0.4 is 0 Å². The second-order valence-corrected chi connectivity index (χ2v) is 10.4. The lowest BCUT2D eigenvalue weighted by atomic mass is 10.0. The van der Waals surface area contributed by atoms with E-state index in [4.69, 9.17) is 9.62 Å². The van der Waals surface area contributed by atoms with E-state index in [0.717, 1.165) is 19.3 Å². The first kappa shape index (κ1) is 31.9. The van der Waals surface area contributed by atoms with Crippen molar-refractivity contribution in [1.82, 2.24) is 0 Å². The molecule has 0 radical (unpaired) electrons. The lowest BCUT2D eigenvalue weighted by Crippen LogP contribution is -2.27. The molecule has 0 heterocycles. The maximum atomic E-state index is 11.5. The first-order chi connectivity index (χ1) is 15.9. The lowest BCUT2D eigenvalue weighted by Gasteiger charge is -2.15. The summed E-state index contributed by atoms with van der Waals surface area (Å²) < 4.78 is 4.91. The van der Waals surface area contributed by atoms with Gasteiger partial charge in [0.05, 0.1) is 6.61 Å². The monoisotopic (exact) mass is 470 g/mol. The van der Waals surface area contributed by atoms with Crippen LogP contribution in [0.5, 0.6) is 0 Å². The third-order valence-electron chi connectivity index (χ3n) is 5.77. The van der Waals surface area contributed by atoms with Crippen LogP contribution in [0.3, 0.4) is 0 Å². The topological polar surface area (TPSA) is 61.8 Å². The molecule has 196 valence electrons. The Morgan fingerprint density at radius 2 is 0.848 bits per heavy atom. The third kappa shape index (κ3) is 25.4. The van der Waals surface area contributed by atoms with Crippen LogP contribution in [0.15, 0.2) is 0 Å². The second kappa shape index (κ2) is 22.7. The Balaban J connectivity index is 3.22. The van der Waals surface area contributed by atoms with Gasteiger partial charge in [0.1, 0.15) is 5.60 Å². The molecule has 0 atom stereocenters. The van der Waals surface area contributed by atoms with Crippen molar-refractivity contribution >= 4 is 11.9 Å². The van der Waals surface area contributed by atoms with Crippen LogP contribution in [0.1, 0.15) is 156 Å². The molecule has 0 unspecified atom stereocenters. The van der Waals surface area contributed by atoms with Gasteiger partial charge < -0.3 is 4.74 Å². The fourth-order valence-corrected chi connectivity index (χ4v) is 3.78. The molecule has 0 rings (SSSR count). The summed E-state index contributed by atoms with van der Waals surface area (Å²) in [5.74, 6) is -2.09. The normalized spacial score (nSPS) is 11.5. The van der Waals surface area contributed by atoms with Gasteiger partial charge in [-0.05, 0) is 27.2 Å². The summed E-state index contributed by atoms with van der Waals surface area (Å²) >= 11 is 0. The Morgan fingerprint density at radius 1 is 0.515 bits per heavy atom. The lowest BCUT2D eigenvalue weighted by molar-refractivity contribution is -0.319. The quantitative estimate of drug-likeness (QED) is 0.0521. The highest BCUT2D eigenvalue weighted by Gasteiger charge is 2.22. The molecule has 0 aromatic carbocycles. The molecule has 0 N–H and O–H groups in total. The summed E-state index contributed by atoms with van der Waals surface area (Å²) in [7, 11) is 0. The molecule has 0 saturated heterocycles. The zero-order chi connectivity index (χ0) is 24.6. The van der Waals surface area contributed by atoms with Crippen molar-refractivity contribution in [3.05, 3.63) is 0 Å². The number of hydrogen-bond donors (Lipinski definition) is 0. The Hall–Kier alpha value is -1.10. The highest BCUT2D eigenvalue weighted by Crippen LogP contribution is 2.15. The Labute approximate surface area is 204 Å². The zero-order valence-electron chi connectivity index (χ0n) is 22.4. The average molecular weight is 471 g/mol. The van der Waals surface area contributed by atoms with E-state index in [0.29, 0.717) is 0 Å². The molecule has 0 spiro atoms. The minimum Gasteiger partial charge on any atom is -0.457 e. The van der Waals surface area contributed by atoms with Crippen LogP contribution in [-0.4, -0.2) is 24.1 Å². The SMILES string of the molecule is CCCCCCCCCCCCCCCCCCCCCCOC(=O)C(=O)OOC(C)(C)C. The van der Waals surface area contributed by atoms with Crippen LogP contribution in [-0.2, 0) is 24.1 Å². The number of rotatable bonds is 22. The first-order valence-corrected chi connectivity index (χ1v) is 13.9. The van der Waals surface area contributed by atoms with E-state index in [9.17, 15) is 9.59 Å². The van der Waals surface area contributed by atoms with E-state index in [2.05, 4.69) is 11.8 Å². The van der Waals surface area contributed by atoms with Gasteiger partial charge in [0.2, 0.25) is 0 Å². The summed E-state index contributed by atoms with van der Waals surface area (Å²) in [5, 5.41) is 0. The van der Waals surface area contributed by atoms with Gasteiger partial charge in [-0.25, -0.2) is 9.59 Å². The predicted molar refractivity (Wildman–Crippen MR) is 136 cm³/mol. The molecule has 0 amide bonds. The van der Waals surface area contributed by atoms with Gasteiger partial charge >= 0.3 is 11.9 Å². The highest BCUT2D eigenvalue weighted by atomic mass is 17.2. The van der Waals surface area contributed by atoms with Gasteiger partial charge in [-0.2, -0.15) is 4.89 Å². The van der Waals surface area contributed by atoms with E-state index < -0.39 is 17.5 Å². The largest absolute Gasteiger partial charge is 0.457 e. The predicted octanol–water partition coefficient (Wildman–Crippen LogP) is 8.62. The van der Waals surface area contributed by atoms with E-state index in [1.165, 1.54) is 109 Å². The van der Waals surface area contributed by atoms with E-state index in [1.807, 2.05) is 0 Å². The van der Waals surface area contributed by atoms with Crippen LogP contribution in [0.4, 0.5) is 0 Å². The second-order valence-electron chi connectivity index (χ2n) is 10.4. The minimum atomic E-state index is -1.10. The molecule has 0 saturated carbocycles. The van der Waals surface area contributed by atoms with Gasteiger partial charge in [-0.1, -0.05) is 129 Å². The molecule has 0 aromatic heterocycles.